The van der Waals surface area contributed by atoms with Crippen LogP contribution < -0.4 is 5.32 Å². The third kappa shape index (κ3) is 3.45. The maximum atomic E-state index is 13.5. The van der Waals surface area contributed by atoms with Crippen molar-refractivity contribution < 1.29 is 9.18 Å². The minimum absolute atomic E-state index is 0.0607. The number of nitrogens with zero attached hydrogens (tertiary/aromatic N) is 2. The Balaban J connectivity index is 1.56. The Morgan fingerprint density at radius 3 is 2.83 bits per heavy atom. The van der Waals surface area contributed by atoms with Crippen molar-refractivity contribution in [2.75, 3.05) is 6.54 Å². The van der Waals surface area contributed by atoms with E-state index in [-0.39, 0.29) is 18.1 Å². The molecule has 0 saturated carbocycles. The van der Waals surface area contributed by atoms with Gasteiger partial charge in [-0.1, -0.05) is 24.3 Å². The number of carbonyl (C=O) groups is 1. The first-order valence-corrected chi connectivity index (χ1v) is 7.96. The van der Waals surface area contributed by atoms with Gasteiger partial charge in [0.05, 0.1) is 17.5 Å². The summed E-state index contributed by atoms with van der Waals surface area (Å²) in [6.07, 6.45) is 0.777. The SMILES string of the molecule is Cc1nc2cc(CCNC(=O)Cc3ccccc3F)ccc2n1C. The Bertz CT molecular complexity index is 885. The van der Waals surface area contributed by atoms with Gasteiger partial charge in [-0.3, -0.25) is 4.79 Å². The predicted molar refractivity (Wildman–Crippen MR) is 92.3 cm³/mol. The first kappa shape index (κ1) is 16.2. The number of hydrogen-bond donors (Lipinski definition) is 1. The highest BCUT2D eigenvalue weighted by molar-refractivity contribution is 5.79. The van der Waals surface area contributed by atoms with Gasteiger partial charge in [-0.05, 0) is 42.7 Å². The molecule has 0 aliphatic rings. The van der Waals surface area contributed by atoms with E-state index in [2.05, 4.69) is 14.9 Å². The monoisotopic (exact) mass is 325 g/mol. The molecule has 0 atom stereocenters. The normalized spacial score (nSPS) is 11.0. The summed E-state index contributed by atoms with van der Waals surface area (Å²) in [5, 5.41) is 2.84. The van der Waals surface area contributed by atoms with Crippen LogP contribution in [0.25, 0.3) is 11.0 Å². The molecule has 1 amide bonds. The molecule has 0 aliphatic carbocycles. The van der Waals surface area contributed by atoms with Crippen LogP contribution in [-0.2, 0) is 24.7 Å². The van der Waals surface area contributed by atoms with Crippen LogP contribution in [0.2, 0.25) is 0 Å². The average molecular weight is 325 g/mol. The van der Waals surface area contributed by atoms with Crippen molar-refractivity contribution in [3.63, 3.8) is 0 Å². The van der Waals surface area contributed by atoms with Gasteiger partial charge in [0, 0.05) is 13.6 Å². The summed E-state index contributed by atoms with van der Waals surface area (Å²) < 4.78 is 15.6. The lowest BCUT2D eigenvalue weighted by Gasteiger charge is -2.06. The van der Waals surface area contributed by atoms with Gasteiger partial charge in [0.2, 0.25) is 5.91 Å². The number of fused-ring (bicyclic) bond motifs is 1. The average Bonchev–Trinajstić information content (AvgIpc) is 2.84. The number of imidazole rings is 1. The molecule has 0 aliphatic heterocycles. The Hall–Kier alpha value is -2.69. The molecule has 0 saturated heterocycles. The zero-order valence-corrected chi connectivity index (χ0v) is 13.8. The highest BCUT2D eigenvalue weighted by atomic mass is 19.1. The second kappa shape index (κ2) is 6.83. The molecule has 1 aromatic heterocycles. The summed E-state index contributed by atoms with van der Waals surface area (Å²) in [4.78, 5) is 16.4. The minimum Gasteiger partial charge on any atom is -0.355 e. The summed E-state index contributed by atoms with van der Waals surface area (Å²) in [5.41, 5.74) is 3.59. The summed E-state index contributed by atoms with van der Waals surface area (Å²) in [7, 11) is 1.99. The zero-order valence-electron chi connectivity index (χ0n) is 13.8. The van der Waals surface area contributed by atoms with Gasteiger partial charge in [-0.25, -0.2) is 9.37 Å². The second-order valence-corrected chi connectivity index (χ2v) is 5.91. The molecular weight excluding hydrogens is 305 g/mol. The van der Waals surface area contributed by atoms with E-state index in [1.165, 1.54) is 6.07 Å². The number of rotatable bonds is 5. The molecular formula is C19H20FN3O. The van der Waals surface area contributed by atoms with Gasteiger partial charge in [-0.2, -0.15) is 0 Å². The molecule has 0 bridgehead atoms. The summed E-state index contributed by atoms with van der Waals surface area (Å²) in [6, 6.07) is 12.5. The Morgan fingerprint density at radius 1 is 1.25 bits per heavy atom. The molecule has 4 nitrogen and oxygen atoms in total. The van der Waals surface area contributed by atoms with Crippen molar-refractivity contribution >= 4 is 16.9 Å². The molecule has 1 N–H and O–H groups in total. The molecule has 24 heavy (non-hydrogen) atoms. The van der Waals surface area contributed by atoms with Gasteiger partial charge in [0.1, 0.15) is 11.6 Å². The Morgan fingerprint density at radius 2 is 2.04 bits per heavy atom. The zero-order chi connectivity index (χ0) is 17.1. The van der Waals surface area contributed by atoms with Crippen molar-refractivity contribution in [3.8, 4) is 0 Å². The lowest BCUT2D eigenvalue weighted by atomic mass is 10.1. The number of aryl methyl sites for hydroxylation is 2. The smallest absolute Gasteiger partial charge is 0.224 e. The molecule has 124 valence electrons. The predicted octanol–water partition coefficient (Wildman–Crippen LogP) is 2.92. The van der Waals surface area contributed by atoms with Crippen molar-refractivity contribution in [1.29, 1.82) is 0 Å². The van der Waals surface area contributed by atoms with E-state index in [0.29, 0.717) is 18.5 Å². The number of benzene rings is 2. The third-order valence-corrected chi connectivity index (χ3v) is 4.21. The topological polar surface area (TPSA) is 46.9 Å². The standard InChI is InChI=1S/C19H20FN3O/c1-13-22-17-11-14(7-8-18(17)23(13)2)9-10-21-19(24)12-15-5-3-4-6-16(15)20/h3-8,11H,9-10,12H2,1-2H3,(H,21,24). The van der Waals surface area contributed by atoms with Gasteiger partial charge < -0.3 is 9.88 Å². The third-order valence-electron chi connectivity index (χ3n) is 4.21. The summed E-state index contributed by atoms with van der Waals surface area (Å²) in [5.74, 6) is 0.457. The van der Waals surface area contributed by atoms with E-state index in [1.54, 1.807) is 18.2 Å². The Labute approximate surface area is 140 Å². The molecule has 0 unspecified atom stereocenters. The van der Waals surface area contributed by atoms with Gasteiger partial charge in [-0.15, -0.1) is 0 Å². The van der Waals surface area contributed by atoms with Crippen LogP contribution in [0.15, 0.2) is 42.5 Å². The lowest BCUT2D eigenvalue weighted by Crippen LogP contribution is -2.27. The number of aromatic nitrogens is 2. The van der Waals surface area contributed by atoms with Crippen LogP contribution in [0.5, 0.6) is 0 Å². The molecule has 0 fully saturated rings. The van der Waals surface area contributed by atoms with Crippen molar-refractivity contribution in [3.05, 3.63) is 65.2 Å². The fourth-order valence-corrected chi connectivity index (χ4v) is 2.74. The van der Waals surface area contributed by atoms with E-state index in [4.69, 9.17) is 0 Å². The number of amides is 1. The van der Waals surface area contributed by atoms with Crippen LogP contribution >= 0.6 is 0 Å². The molecule has 1 heterocycles. The van der Waals surface area contributed by atoms with Crippen LogP contribution in [-0.4, -0.2) is 22.0 Å². The summed E-state index contributed by atoms with van der Waals surface area (Å²) >= 11 is 0. The van der Waals surface area contributed by atoms with Crippen molar-refractivity contribution in [1.82, 2.24) is 14.9 Å². The lowest BCUT2D eigenvalue weighted by molar-refractivity contribution is -0.120. The van der Waals surface area contributed by atoms with Crippen molar-refractivity contribution in [2.45, 2.75) is 19.8 Å². The van der Waals surface area contributed by atoms with Crippen LogP contribution in [0, 0.1) is 12.7 Å². The van der Waals surface area contributed by atoms with E-state index in [1.807, 2.05) is 32.2 Å². The molecule has 0 radical (unpaired) electrons. The highest BCUT2D eigenvalue weighted by Crippen LogP contribution is 2.16. The maximum absolute atomic E-state index is 13.5. The first-order chi connectivity index (χ1) is 11.5. The highest BCUT2D eigenvalue weighted by Gasteiger charge is 2.08. The number of nitrogens with one attached hydrogen (secondary N) is 1. The van der Waals surface area contributed by atoms with Crippen LogP contribution in [0.3, 0.4) is 0 Å². The molecule has 0 spiro atoms. The van der Waals surface area contributed by atoms with Gasteiger partial charge in [0.15, 0.2) is 0 Å². The molecule has 3 aromatic rings. The maximum Gasteiger partial charge on any atom is 0.224 e. The number of carbonyl (C=O) groups excluding carboxylic acids is 1. The Kier molecular flexibility index (Phi) is 4.60. The fourth-order valence-electron chi connectivity index (χ4n) is 2.74. The number of halogens is 1. The van der Waals surface area contributed by atoms with E-state index < -0.39 is 0 Å². The largest absolute Gasteiger partial charge is 0.355 e. The molecule has 5 heteroatoms. The van der Waals surface area contributed by atoms with Gasteiger partial charge >= 0.3 is 0 Å². The van der Waals surface area contributed by atoms with Gasteiger partial charge in [0.25, 0.3) is 0 Å². The van der Waals surface area contributed by atoms with E-state index in [9.17, 15) is 9.18 Å². The fraction of sp³-hybridized carbons (Fsp3) is 0.263. The van der Waals surface area contributed by atoms with Crippen LogP contribution in [0.1, 0.15) is 17.0 Å². The number of hydrogen-bond acceptors (Lipinski definition) is 2. The summed E-state index contributed by atoms with van der Waals surface area (Å²) in [6.45, 7) is 2.49. The van der Waals surface area contributed by atoms with E-state index >= 15 is 0 Å². The second-order valence-electron chi connectivity index (χ2n) is 5.91. The molecule has 2 aromatic carbocycles. The van der Waals surface area contributed by atoms with Crippen LogP contribution in [0.4, 0.5) is 4.39 Å². The molecule has 3 rings (SSSR count). The first-order valence-electron chi connectivity index (χ1n) is 7.96. The van der Waals surface area contributed by atoms with E-state index in [0.717, 1.165) is 22.4 Å². The van der Waals surface area contributed by atoms with Crippen molar-refractivity contribution in [2.24, 2.45) is 7.05 Å². The minimum atomic E-state index is -0.344. The quantitative estimate of drug-likeness (QED) is 0.784.